The van der Waals surface area contributed by atoms with Crippen LogP contribution in [0.4, 0.5) is 0 Å². The number of nitrogens with zero attached hydrogens (tertiary/aromatic N) is 6. The standard InChI is InChI=1S/C62H62N6O8/c1-12-69-51-21-18-48(73-51)42-29-66(30-43(42)49-19-22-52(74-49)70-13-2)60-39(10)38(9)40(11)61-56(60)57-47(17-16-37(8)64-57)68(61)33-67-46-24-25-63-28-41(46)55-58(34(5)26-35(6)59(55)67)65-31-44(50-20-23-53(75-50)71-14-3)45(32-65)62-36(7)27-54(76-62)72-15-4/h16-32,36,62H,12-15,33H2,1-11H3. The number of hydrogen-bond donors (Lipinski definition) is 0. The Labute approximate surface area is 440 Å². The molecule has 388 valence electrons. The van der Waals surface area contributed by atoms with Crippen LogP contribution in [0.2, 0.25) is 0 Å². The van der Waals surface area contributed by atoms with E-state index in [9.17, 15) is 0 Å². The van der Waals surface area contributed by atoms with E-state index in [-0.39, 0.29) is 12.0 Å². The van der Waals surface area contributed by atoms with Crippen molar-refractivity contribution in [1.29, 1.82) is 0 Å². The largest absolute Gasteiger partial charge is 0.466 e. The third kappa shape index (κ3) is 7.83. The number of hydrogen-bond acceptors (Lipinski definition) is 10. The second kappa shape index (κ2) is 19.0. The van der Waals surface area contributed by atoms with Crippen LogP contribution in [0, 0.1) is 47.5 Å². The number of furan rings is 3. The van der Waals surface area contributed by atoms with Gasteiger partial charge in [-0.1, -0.05) is 13.0 Å². The van der Waals surface area contributed by atoms with Gasteiger partial charge in [0.2, 0.25) is 0 Å². The van der Waals surface area contributed by atoms with Crippen molar-refractivity contribution in [3.8, 4) is 63.2 Å². The maximum Gasteiger partial charge on any atom is 0.284 e. The normalized spacial score (nSPS) is 14.7. The summed E-state index contributed by atoms with van der Waals surface area (Å²) < 4.78 is 58.2. The molecule has 0 bridgehead atoms. The molecule has 0 N–H and O–H groups in total. The quantitative estimate of drug-likeness (QED) is 0.0922. The van der Waals surface area contributed by atoms with E-state index in [0.717, 1.165) is 99.8 Å². The average Bonchev–Trinajstić information content (AvgIpc) is 4.38. The van der Waals surface area contributed by atoms with Gasteiger partial charge in [0, 0.05) is 106 Å². The zero-order valence-corrected chi connectivity index (χ0v) is 45.0. The van der Waals surface area contributed by atoms with E-state index in [1.807, 2.05) is 76.5 Å². The minimum atomic E-state index is -0.308. The average molecular weight is 1020 g/mol. The van der Waals surface area contributed by atoms with Crippen molar-refractivity contribution in [3.63, 3.8) is 0 Å². The highest BCUT2D eigenvalue weighted by atomic mass is 16.7. The van der Waals surface area contributed by atoms with Crippen molar-refractivity contribution in [1.82, 2.24) is 28.2 Å². The summed E-state index contributed by atoms with van der Waals surface area (Å²) >= 11 is 0. The summed E-state index contributed by atoms with van der Waals surface area (Å²) in [5.74, 6) is 3.96. The highest BCUT2D eigenvalue weighted by Crippen LogP contribution is 2.47. The zero-order chi connectivity index (χ0) is 52.7. The number of benzene rings is 2. The van der Waals surface area contributed by atoms with Gasteiger partial charge in [-0.2, -0.15) is 0 Å². The molecule has 76 heavy (non-hydrogen) atoms. The van der Waals surface area contributed by atoms with Crippen LogP contribution in [-0.4, -0.2) is 54.7 Å². The van der Waals surface area contributed by atoms with E-state index < -0.39 is 0 Å². The number of fused-ring (bicyclic) bond motifs is 6. The van der Waals surface area contributed by atoms with Crippen LogP contribution >= 0.6 is 0 Å². The number of aromatic nitrogens is 6. The number of ether oxygens (including phenoxy) is 5. The van der Waals surface area contributed by atoms with Crippen molar-refractivity contribution in [2.75, 3.05) is 26.4 Å². The molecule has 0 radical (unpaired) electrons. The summed E-state index contributed by atoms with van der Waals surface area (Å²) in [7, 11) is 0. The maximum absolute atomic E-state index is 6.55. The van der Waals surface area contributed by atoms with E-state index in [0.29, 0.717) is 74.2 Å². The Morgan fingerprint density at radius 2 is 1.16 bits per heavy atom. The molecule has 0 saturated heterocycles. The van der Waals surface area contributed by atoms with Crippen molar-refractivity contribution in [3.05, 3.63) is 149 Å². The lowest BCUT2D eigenvalue weighted by Gasteiger charge is -2.19. The molecule has 0 spiro atoms. The molecule has 12 rings (SSSR count). The minimum absolute atomic E-state index is 0.0416. The van der Waals surface area contributed by atoms with Gasteiger partial charge in [-0.3, -0.25) is 9.97 Å². The first-order valence-electron chi connectivity index (χ1n) is 26.3. The molecule has 0 saturated carbocycles. The zero-order valence-electron chi connectivity index (χ0n) is 45.0. The highest BCUT2D eigenvalue weighted by Gasteiger charge is 2.34. The smallest absolute Gasteiger partial charge is 0.284 e. The van der Waals surface area contributed by atoms with Gasteiger partial charge in [0.05, 0.1) is 70.8 Å². The fourth-order valence-corrected chi connectivity index (χ4v) is 11.6. The van der Waals surface area contributed by atoms with Crippen LogP contribution in [0.3, 0.4) is 0 Å². The summed E-state index contributed by atoms with van der Waals surface area (Å²) in [4.78, 5) is 10.2. The Morgan fingerprint density at radius 3 is 1.79 bits per heavy atom. The predicted molar refractivity (Wildman–Crippen MR) is 296 cm³/mol. The van der Waals surface area contributed by atoms with E-state index >= 15 is 0 Å². The van der Waals surface area contributed by atoms with Crippen molar-refractivity contribution >= 4 is 43.7 Å². The van der Waals surface area contributed by atoms with Gasteiger partial charge in [-0.25, -0.2) is 0 Å². The van der Waals surface area contributed by atoms with Gasteiger partial charge in [-0.15, -0.1) is 0 Å². The van der Waals surface area contributed by atoms with Crippen molar-refractivity contribution in [2.24, 2.45) is 5.92 Å². The van der Waals surface area contributed by atoms with Gasteiger partial charge < -0.3 is 55.2 Å². The van der Waals surface area contributed by atoms with Crippen LogP contribution in [-0.2, 0) is 16.1 Å². The molecular formula is C62H62N6O8. The number of aryl methyl sites for hydroxylation is 4. The minimum Gasteiger partial charge on any atom is -0.466 e. The first-order valence-corrected chi connectivity index (χ1v) is 26.3. The monoisotopic (exact) mass is 1020 g/mol. The predicted octanol–water partition coefficient (Wildman–Crippen LogP) is 15.2. The molecule has 0 aliphatic carbocycles. The van der Waals surface area contributed by atoms with Crippen LogP contribution in [0.25, 0.3) is 89.1 Å². The lowest BCUT2D eigenvalue weighted by molar-refractivity contribution is 0.00774. The molecule has 11 aromatic rings. The molecule has 14 nitrogen and oxygen atoms in total. The number of pyridine rings is 2. The second-order valence-corrected chi connectivity index (χ2v) is 19.7. The molecule has 0 amide bonds. The Morgan fingerprint density at radius 1 is 0.566 bits per heavy atom. The third-order valence-corrected chi connectivity index (χ3v) is 15.0. The van der Waals surface area contributed by atoms with Gasteiger partial charge in [-0.05, 0) is 133 Å². The Kier molecular flexibility index (Phi) is 12.1. The summed E-state index contributed by atoms with van der Waals surface area (Å²) in [6.07, 6.45) is 14.3. The van der Waals surface area contributed by atoms with E-state index in [4.69, 9.17) is 46.9 Å². The lowest BCUT2D eigenvalue weighted by atomic mass is 9.97. The third-order valence-electron chi connectivity index (χ3n) is 15.0. The van der Waals surface area contributed by atoms with Crippen molar-refractivity contribution < 1.29 is 36.9 Å². The van der Waals surface area contributed by atoms with Gasteiger partial charge in [0.1, 0.15) is 30.1 Å². The fourth-order valence-electron chi connectivity index (χ4n) is 11.6. The van der Waals surface area contributed by atoms with Gasteiger partial charge in [0.15, 0.2) is 0 Å². The van der Waals surface area contributed by atoms with Crippen LogP contribution in [0.15, 0.2) is 123 Å². The van der Waals surface area contributed by atoms with Gasteiger partial charge >= 0.3 is 0 Å². The maximum atomic E-state index is 6.55. The molecule has 2 aromatic carbocycles. The highest BCUT2D eigenvalue weighted by molar-refractivity contribution is 6.15. The molecule has 1 aliphatic heterocycles. The molecule has 14 heteroatoms. The van der Waals surface area contributed by atoms with E-state index in [1.54, 1.807) is 0 Å². The topological polar surface area (TPSA) is 131 Å². The number of rotatable bonds is 16. The van der Waals surface area contributed by atoms with E-state index in [2.05, 4.69) is 122 Å². The van der Waals surface area contributed by atoms with Crippen molar-refractivity contribution in [2.45, 2.75) is 88.9 Å². The van der Waals surface area contributed by atoms with Gasteiger partial charge in [0.25, 0.3) is 23.8 Å². The first-order chi connectivity index (χ1) is 36.9. The Hall–Kier alpha value is -8.52. The van der Waals surface area contributed by atoms with Crippen LogP contribution in [0.5, 0.6) is 17.8 Å². The van der Waals surface area contributed by atoms with E-state index in [1.165, 1.54) is 11.1 Å². The van der Waals surface area contributed by atoms with Crippen LogP contribution in [0.1, 0.15) is 79.8 Å². The lowest BCUT2D eigenvalue weighted by Crippen LogP contribution is -2.10. The SMILES string of the molecule is CCOC1=CC(C)C(c2cn(-c3c(C)cc(C)c4c3c3cnccc3n4Cn3c4ccc(C)nc4c4c(-n5cc(-c6ccc(OCC)o6)c(-c6ccc(OCC)o6)c5)c(C)c(C)c(C)c43)cc2-c2ccc(OCC)o2)O1. The van der Waals surface area contributed by atoms with Crippen LogP contribution < -0.4 is 14.2 Å². The second-order valence-electron chi connectivity index (χ2n) is 19.7. The molecule has 10 heterocycles. The molecule has 2 atom stereocenters. The molecule has 1 aliphatic rings. The first kappa shape index (κ1) is 48.4. The molecule has 9 aromatic heterocycles. The Bertz CT molecular complexity index is 4010. The molecule has 0 fully saturated rings. The summed E-state index contributed by atoms with van der Waals surface area (Å²) in [5, 5.41) is 3.19. The molecular weight excluding hydrogens is 957 g/mol. The Balaban J connectivity index is 1.07. The summed E-state index contributed by atoms with van der Waals surface area (Å²) in [6, 6.07) is 20.2. The summed E-state index contributed by atoms with van der Waals surface area (Å²) in [5.41, 5.74) is 17.5. The fraction of sp³-hybridized carbons (Fsp3) is 0.290. The summed E-state index contributed by atoms with van der Waals surface area (Å²) in [6.45, 7) is 25.6. The molecule has 2 unspecified atom stereocenters.